The fourth-order valence-corrected chi connectivity index (χ4v) is 5.84. The van der Waals surface area contributed by atoms with Gasteiger partial charge in [-0.2, -0.15) is 0 Å². The summed E-state index contributed by atoms with van der Waals surface area (Å²) in [4.78, 5) is 31.0. The van der Waals surface area contributed by atoms with Crippen LogP contribution in [0.25, 0.3) is 10.8 Å². The van der Waals surface area contributed by atoms with Crippen LogP contribution in [0.15, 0.2) is 58.4 Å². The van der Waals surface area contributed by atoms with E-state index in [2.05, 4.69) is 36.4 Å². The molecule has 1 aliphatic heterocycles. The summed E-state index contributed by atoms with van der Waals surface area (Å²) in [5.74, 6) is 0.867. The number of hydrogen-bond acceptors (Lipinski definition) is 4. The summed E-state index contributed by atoms with van der Waals surface area (Å²) in [6.07, 6.45) is 3.02. The maximum Gasteiger partial charge on any atom is 0.269 e. The van der Waals surface area contributed by atoms with Gasteiger partial charge in [-0.1, -0.05) is 42.5 Å². The smallest absolute Gasteiger partial charge is 0.269 e. The summed E-state index contributed by atoms with van der Waals surface area (Å²) in [6.45, 7) is 0. The van der Waals surface area contributed by atoms with Gasteiger partial charge in [-0.3, -0.25) is 19.0 Å². The topological polar surface area (TPSA) is 51.5 Å². The number of thioether (sulfide) groups is 1. The summed E-state index contributed by atoms with van der Waals surface area (Å²) < 4.78 is 1.70. The highest BCUT2D eigenvalue weighted by Crippen LogP contribution is 2.48. The number of fused-ring (bicyclic) bond motifs is 2. The second kappa shape index (κ2) is 7.60. The molecule has 5 nitrogen and oxygen atoms in total. The van der Waals surface area contributed by atoms with Crippen molar-refractivity contribution in [1.29, 1.82) is 0 Å². The molecule has 0 spiro atoms. The zero-order chi connectivity index (χ0) is 20.8. The van der Waals surface area contributed by atoms with E-state index in [0.717, 1.165) is 29.9 Å². The minimum absolute atomic E-state index is 0.0995. The van der Waals surface area contributed by atoms with Crippen LogP contribution in [0.5, 0.6) is 0 Å². The van der Waals surface area contributed by atoms with Crippen LogP contribution in [0.3, 0.4) is 0 Å². The van der Waals surface area contributed by atoms with Crippen molar-refractivity contribution in [2.24, 2.45) is 0 Å². The first kappa shape index (κ1) is 19.4. The fraction of sp³-hybridized carbons (Fsp3) is 0.333. The Hall–Kier alpha value is -2.57. The maximum absolute atomic E-state index is 13.1. The summed E-state index contributed by atoms with van der Waals surface area (Å²) in [6, 6.07) is 16.0. The van der Waals surface area contributed by atoms with Gasteiger partial charge in [-0.05, 0) is 52.6 Å². The molecule has 1 amide bonds. The lowest BCUT2D eigenvalue weighted by molar-refractivity contribution is -0.171. The molecular formula is C24H24N2O3S. The van der Waals surface area contributed by atoms with Crippen LogP contribution in [-0.2, 0) is 16.1 Å². The minimum Gasteiger partial charge on any atom is -0.289 e. The second-order valence-corrected chi connectivity index (χ2v) is 9.04. The molecular weight excluding hydrogens is 396 g/mol. The van der Waals surface area contributed by atoms with Gasteiger partial charge in [0, 0.05) is 18.9 Å². The van der Waals surface area contributed by atoms with Gasteiger partial charge in [0.05, 0.1) is 12.1 Å². The van der Waals surface area contributed by atoms with E-state index >= 15 is 0 Å². The molecule has 1 aromatic heterocycles. The van der Waals surface area contributed by atoms with E-state index in [9.17, 15) is 9.59 Å². The van der Waals surface area contributed by atoms with Gasteiger partial charge in [0.25, 0.3) is 11.5 Å². The Labute approximate surface area is 179 Å². The Bertz CT molecular complexity index is 1190. The normalized spacial score (nSPS) is 17.9. The van der Waals surface area contributed by atoms with Crippen molar-refractivity contribution in [1.82, 2.24) is 9.63 Å². The van der Waals surface area contributed by atoms with E-state index < -0.39 is 6.04 Å². The molecule has 6 heteroatoms. The average Bonchev–Trinajstić information content (AvgIpc) is 3.50. The fourth-order valence-electron chi connectivity index (χ4n) is 4.43. The molecule has 5 rings (SSSR count). The Morgan fingerprint density at radius 3 is 2.70 bits per heavy atom. The zero-order valence-electron chi connectivity index (χ0n) is 17.1. The molecule has 0 saturated heterocycles. The molecule has 2 aliphatic rings. The molecule has 1 saturated carbocycles. The highest BCUT2D eigenvalue weighted by Gasteiger charge is 2.38. The first-order valence-electron chi connectivity index (χ1n) is 10.3. The van der Waals surface area contributed by atoms with Gasteiger partial charge in [0.1, 0.15) is 6.04 Å². The largest absolute Gasteiger partial charge is 0.289 e. The number of rotatable bonds is 5. The van der Waals surface area contributed by atoms with E-state index in [4.69, 9.17) is 4.84 Å². The Morgan fingerprint density at radius 1 is 1.17 bits per heavy atom. The summed E-state index contributed by atoms with van der Waals surface area (Å²) in [5, 5.41) is 4.63. The van der Waals surface area contributed by atoms with Crippen LogP contribution in [0, 0.1) is 0 Å². The van der Waals surface area contributed by atoms with Gasteiger partial charge in [-0.25, -0.2) is 5.06 Å². The first-order valence-corrected chi connectivity index (χ1v) is 11.3. The lowest BCUT2D eigenvalue weighted by Gasteiger charge is -2.21. The molecule has 1 aliphatic carbocycles. The van der Waals surface area contributed by atoms with Crippen LogP contribution in [0.2, 0.25) is 0 Å². The standard InChI is InChI=1S/C24H24N2O3S/c1-25(29-2)23(28)20-14-30-24-22(16-10-11-16)18(13-21(27)26(20)24)12-17-8-5-7-15-6-3-4-9-19(15)17/h3-9,13,16,20H,10-12,14H2,1-2H3/t20-/m0/s1. The van der Waals surface area contributed by atoms with Crippen LogP contribution in [0.4, 0.5) is 0 Å². The third-order valence-corrected chi connectivity index (χ3v) is 7.31. The van der Waals surface area contributed by atoms with Crippen molar-refractivity contribution < 1.29 is 9.63 Å². The number of nitrogens with zero attached hydrogens (tertiary/aromatic N) is 2. The van der Waals surface area contributed by atoms with E-state index in [1.165, 1.54) is 34.1 Å². The predicted molar refractivity (Wildman–Crippen MR) is 119 cm³/mol. The molecule has 2 aromatic carbocycles. The molecule has 0 unspecified atom stereocenters. The van der Waals surface area contributed by atoms with Crippen LogP contribution in [0.1, 0.15) is 41.5 Å². The molecule has 1 atom stereocenters. The third kappa shape index (κ3) is 3.24. The molecule has 154 valence electrons. The van der Waals surface area contributed by atoms with Crippen molar-refractivity contribution >= 4 is 28.4 Å². The van der Waals surface area contributed by atoms with E-state index in [1.54, 1.807) is 29.4 Å². The molecule has 0 bridgehead atoms. The molecule has 0 N–H and O–H groups in total. The number of hydroxylamine groups is 2. The maximum atomic E-state index is 13.1. The number of likely N-dealkylation sites (N-methyl/N-ethyl adjacent to an activating group) is 1. The van der Waals surface area contributed by atoms with Crippen LogP contribution >= 0.6 is 11.8 Å². The number of carbonyl (C=O) groups excluding carboxylic acids is 1. The predicted octanol–water partition coefficient (Wildman–Crippen LogP) is 4.14. The average molecular weight is 421 g/mol. The highest BCUT2D eigenvalue weighted by molar-refractivity contribution is 7.99. The summed E-state index contributed by atoms with van der Waals surface area (Å²) in [7, 11) is 3.05. The van der Waals surface area contributed by atoms with Crippen molar-refractivity contribution in [2.45, 2.75) is 36.2 Å². The molecule has 2 heterocycles. The monoisotopic (exact) mass is 420 g/mol. The third-order valence-electron chi connectivity index (χ3n) is 6.14. The lowest BCUT2D eigenvalue weighted by Crippen LogP contribution is -2.37. The minimum atomic E-state index is -0.508. The zero-order valence-corrected chi connectivity index (χ0v) is 17.9. The number of pyridine rings is 1. The highest BCUT2D eigenvalue weighted by atomic mass is 32.2. The number of amides is 1. The molecule has 30 heavy (non-hydrogen) atoms. The SMILES string of the molecule is CON(C)C(=O)[C@@H]1CSc2c(C3CC3)c(Cc3cccc4ccccc34)cc(=O)n21. The number of carbonyl (C=O) groups is 1. The van der Waals surface area contributed by atoms with Gasteiger partial charge in [0.2, 0.25) is 0 Å². The van der Waals surface area contributed by atoms with E-state index in [1.807, 2.05) is 6.07 Å². The van der Waals surface area contributed by atoms with Gasteiger partial charge in [0.15, 0.2) is 0 Å². The summed E-state index contributed by atoms with van der Waals surface area (Å²) in [5.41, 5.74) is 3.50. The van der Waals surface area contributed by atoms with Gasteiger partial charge < -0.3 is 0 Å². The Balaban J connectivity index is 1.60. The first-order chi connectivity index (χ1) is 14.6. The molecule has 1 fully saturated rings. The second-order valence-electron chi connectivity index (χ2n) is 8.03. The van der Waals surface area contributed by atoms with Crippen molar-refractivity contribution in [2.75, 3.05) is 19.9 Å². The van der Waals surface area contributed by atoms with Gasteiger partial charge in [-0.15, -0.1) is 11.8 Å². The van der Waals surface area contributed by atoms with Crippen molar-refractivity contribution in [3.05, 3.63) is 75.6 Å². The van der Waals surface area contributed by atoms with Crippen LogP contribution in [-0.4, -0.2) is 35.4 Å². The number of hydrogen-bond donors (Lipinski definition) is 0. The quantitative estimate of drug-likeness (QED) is 0.582. The number of aromatic nitrogens is 1. The van der Waals surface area contributed by atoms with E-state index in [0.29, 0.717) is 11.7 Å². The lowest BCUT2D eigenvalue weighted by atomic mass is 9.95. The molecule has 3 aromatic rings. The van der Waals surface area contributed by atoms with E-state index in [-0.39, 0.29) is 11.5 Å². The van der Waals surface area contributed by atoms with Crippen molar-refractivity contribution in [3.8, 4) is 0 Å². The Kier molecular flexibility index (Phi) is 4.91. The van der Waals surface area contributed by atoms with Gasteiger partial charge >= 0.3 is 0 Å². The van der Waals surface area contributed by atoms with Crippen LogP contribution < -0.4 is 5.56 Å². The number of benzene rings is 2. The molecule has 0 radical (unpaired) electrons. The summed E-state index contributed by atoms with van der Waals surface area (Å²) >= 11 is 1.63. The van der Waals surface area contributed by atoms with Crippen molar-refractivity contribution in [3.63, 3.8) is 0 Å². The Morgan fingerprint density at radius 2 is 1.93 bits per heavy atom.